The molecule has 2 rings (SSSR count). The largest absolute Gasteiger partial charge is 0.489 e. The van der Waals surface area contributed by atoms with E-state index >= 15 is 0 Å². The van der Waals surface area contributed by atoms with Crippen LogP contribution in [0.5, 0.6) is 5.75 Å². The maximum Gasteiger partial charge on any atom is 0.277 e. The first-order valence-corrected chi connectivity index (χ1v) is 6.69. The minimum Gasteiger partial charge on any atom is -0.489 e. The van der Waals surface area contributed by atoms with E-state index in [1.54, 1.807) is 37.3 Å². The molecule has 2 aromatic carbocycles. The predicted octanol–water partition coefficient (Wildman–Crippen LogP) is 3.88. The van der Waals surface area contributed by atoms with Crippen molar-refractivity contribution in [2.75, 3.05) is 0 Å². The quantitative estimate of drug-likeness (QED) is 0.672. The minimum absolute atomic E-state index is 0.0146. The highest BCUT2D eigenvalue weighted by Crippen LogP contribution is 2.28. The van der Waals surface area contributed by atoms with Gasteiger partial charge in [0.05, 0.1) is 21.6 Å². The van der Waals surface area contributed by atoms with Crippen molar-refractivity contribution in [2.24, 2.45) is 0 Å². The molecule has 0 fully saturated rings. The van der Waals surface area contributed by atoms with Crippen LogP contribution in [0.25, 0.3) is 0 Å². The lowest BCUT2D eigenvalue weighted by molar-refractivity contribution is -0.385. The van der Waals surface area contributed by atoms with Gasteiger partial charge < -0.3 is 9.84 Å². The molecule has 0 saturated carbocycles. The zero-order valence-corrected chi connectivity index (χ0v) is 12.1. The molecule has 0 saturated heterocycles. The summed E-state index contributed by atoms with van der Waals surface area (Å²) in [4.78, 5) is 10.5. The number of aliphatic hydroxyl groups is 1. The lowest BCUT2D eigenvalue weighted by Gasteiger charge is -2.10. The number of nitro benzene ring substituents is 1. The highest BCUT2D eigenvalue weighted by molar-refractivity contribution is 6.31. The Bertz CT molecular complexity index is 658. The lowest BCUT2D eigenvalue weighted by Crippen LogP contribution is -2.02. The Kier molecular flexibility index (Phi) is 4.77. The summed E-state index contributed by atoms with van der Waals surface area (Å²) in [5, 5.41) is 20.8. The van der Waals surface area contributed by atoms with Crippen LogP contribution in [-0.4, -0.2) is 10.0 Å². The SMILES string of the molecule is CC(O)c1cccc(OCc2c(Cl)cccc2[N+](=O)[O-])c1. The van der Waals surface area contributed by atoms with Crippen LogP contribution in [-0.2, 0) is 6.61 Å². The number of benzene rings is 2. The molecule has 2 aromatic rings. The molecule has 1 unspecified atom stereocenters. The maximum atomic E-state index is 11.0. The fourth-order valence-electron chi connectivity index (χ4n) is 1.88. The second-order valence-electron chi connectivity index (χ2n) is 4.53. The van der Waals surface area contributed by atoms with Crippen LogP contribution in [0.15, 0.2) is 42.5 Å². The van der Waals surface area contributed by atoms with Crippen molar-refractivity contribution >= 4 is 17.3 Å². The summed E-state index contributed by atoms with van der Waals surface area (Å²) in [7, 11) is 0. The van der Waals surface area contributed by atoms with Crippen molar-refractivity contribution in [1.82, 2.24) is 0 Å². The van der Waals surface area contributed by atoms with E-state index in [0.29, 0.717) is 16.9 Å². The Morgan fingerprint density at radius 3 is 2.71 bits per heavy atom. The van der Waals surface area contributed by atoms with E-state index < -0.39 is 11.0 Å². The van der Waals surface area contributed by atoms with Crippen LogP contribution in [0.2, 0.25) is 5.02 Å². The molecular weight excluding hydrogens is 294 g/mol. The molecule has 0 aliphatic heterocycles. The normalized spacial score (nSPS) is 12.0. The van der Waals surface area contributed by atoms with Gasteiger partial charge in [0, 0.05) is 6.07 Å². The lowest BCUT2D eigenvalue weighted by atomic mass is 10.1. The molecule has 110 valence electrons. The van der Waals surface area contributed by atoms with E-state index in [2.05, 4.69) is 0 Å². The van der Waals surface area contributed by atoms with Crippen molar-refractivity contribution in [3.05, 3.63) is 68.7 Å². The van der Waals surface area contributed by atoms with Gasteiger partial charge in [-0.1, -0.05) is 29.8 Å². The van der Waals surface area contributed by atoms with E-state index in [1.807, 2.05) is 0 Å². The van der Waals surface area contributed by atoms with Crippen molar-refractivity contribution in [3.8, 4) is 5.75 Å². The van der Waals surface area contributed by atoms with Gasteiger partial charge >= 0.3 is 0 Å². The van der Waals surface area contributed by atoms with Crippen LogP contribution >= 0.6 is 11.6 Å². The molecule has 0 amide bonds. The third kappa shape index (κ3) is 3.71. The molecule has 21 heavy (non-hydrogen) atoms. The average molecular weight is 308 g/mol. The van der Waals surface area contributed by atoms with E-state index in [0.717, 1.165) is 0 Å². The second-order valence-corrected chi connectivity index (χ2v) is 4.94. The number of hydrogen-bond acceptors (Lipinski definition) is 4. The number of rotatable bonds is 5. The molecule has 0 aliphatic carbocycles. The van der Waals surface area contributed by atoms with Crippen LogP contribution in [0, 0.1) is 10.1 Å². The van der Waals surface area contributed by atoms with E-state index in [9.17, 15) is 15.2 Å². The fraction of sp³-hybridized carbons (Fsp3) is 0.200. The zero-order valence-electron chi connectivity index (χ0n) is 11.3. The van der Waals surface area contributed by atoms with Crippen molar-refractivity contribution < 1.29 is 14.8 Å². The Balaban J connectivity index is 2.21. The summed E-state index contributed by atoms with van der Waals surface area (Å²) in [6.07, 6.45) is -0.608. The first-order valence-electron chi connectivity index (χ1n) is 6.31. The van der Waals surface area contributed by atoms with Crippen molar-refractivity contribution in [2.45, 2.75) is 19.6 Å². The Morgan fingerprint density at radius 1 is 1.33 bits per heavy atom. The highest BCUT2D eigenvalue weighted by Gasteiger charge is 2.17. The molecule has 0 spiro atoms. The molecule has 0 aromatic heterocycles. The van der Waals surface area contributed by atoms with Crippen LogP contribution in [0.3, 0.4) is 0 Å². The summed E-state index contributed by atoms with van der Waals surface area (Å²) in [6.45, 7) is 1.64. The number of ether oxygens (including phenoxy) is 1. The van der Waals surface area contributed by atoms with Crippen molar-refractivity contribution in [1.29, 1.82) is 0 Å². The van der Waals surface area contributed by atoms with E-state index in [-0.39, 0.29) is 17.3 Å². The monoisotopic (exact) mass is 307 g/mol. The Hall–Kier alpha value is -2.11. The van der Waals surface area contributed by atoms with Gasteiger partial charge in [0.15, 0.2) is 0 Å². The van der Waals surface area contributed by atoms with E-state index in [1.165, 1.54) is 12.1 Å². The Labute approximate surface area is 126 Å². The molecule has 0 heterocycles. The van der Waals surface area contributed by atoms with Gasteiger partial charge in [-0.15, -0.1) is 0 Å². The standard InChI is InChI=1S/C15H14ClNO4/c1-10(18)11-4-2-5-12(8-11)21-9-13-14(16)6-3-7-15(13)17(19)20/h2-8,10,18H,9H2,1H3. The summed E-state index contributed by atoms with van der Waals surface area (Å²) in [6, 6.07) is 11.4. The van der Waals surface area contributed by atoms with Gasteiger partial charge in [-0.05, 0) is 30.7 Å². The number of halogens is 1. The maximum absolute atomic E-state index is 11.0. The molecule has 5 nitrogen and oxygen atoms in total. The summed E-state index contributed by atoms with van der Waals surface area (Å²) in [5.74, 6) is 0.516. The smallest absolute Gasteiger partial charge is 0.277 e. The molecule has 0 aliphatic rings. The van der Waals surface area contributed by atoms with Gasteiger partial charge in [-0.2, -0.15) is 0 Å². The van der Waals surface area contributed by atoms with Crippen LogP contribution < -0.4 is 4.74 Å². The molecule has 0 bridgehead atoms. The summed E-state index contributed by atoms with van der Waals surface area (Å²) < 4.78 is 5.55. The molecule has 1 N–H and O–H groups in total. The molecule has 0 radical (unpaired) electrons. The number of nitrogens with zero attached hydrogens (tertiary/aromatic N) is 1. The molecule has 1 atom stereocenters. The van der Waals surface area contributed by atoms with Gasteiger partial charge in [0.2, 0.25) is 0 Å². The Morgan fingerprint density at radius 2 is 2.05 bits per heavy atom. The number of nitro groups is 1. The van der Waals surface area contributed by atoms with Crippen LogP contribution in [0.1, 0.15) is 24.2 Å². The number of aliphatic hydroxyl groups excluding tert-OH is 1. The first-order chi connectivity index (χ1) is 9.99. The topological polar surface area (TPSA) is 72.6 Å². The minimum atomic E-state index is -0.608. The fourth-order valence-corrected chi connectivity index (χ4v) is 2.11. The number of hydrogen-bond donors (Lipinski definition) is 1. The van der Waals surface area contributed by atoms with Crippen LogP contribution in [0.4, 0.5) is 5.69 Å². The third-order valence-corrected chi connectivity index (χ3v) is 3.37. The summed E-state index contributed by atoms with van der Waals surface area (Å²) >= 11 is 6.00. The second kappa shape index (κ2) is 6.56. The predicted molar refractivity (Wildman–Crippen MR) is 79.5 cm³/mol. The first kappa shape index (κ1) is 15.3. The summed E-state index contributed by atoms with van der Waals surface area (Å²) in [5.41, 5.74) is 0.960. The third-order valence-electron chi connectivity index (χ3n) is 3.01. The highest BCUT2D eigenvalue weighted by atomic mass is 35.5. The van der Waals surface area contributed by atoms with Gasteiger partial charge in [0.25, 0.3) is 5.69 Å². The van der Waals surface area contributed by atoms with Gasteiger partial charge in [0.1, 0.15) is 12.4 Å². The zero-order chi connectivity index (χ0) is 15.4. The van der Waals surface area contributed by atoms with E-state index in [4.69, 9.17) is 16.3 Å². The average Bonchev–Trinajstić information content (AvgIpc) is 2.46. The molecular formula is C15H14ClNO4. The van der Waals surface area contributed by atoms with Gasteiger partial charge in [-0.3, -0.25) is 10.1 Å². The van der Waals surface area contributed by atoms with Gasteiger partial charge in [-0.25, -0.2) is 0 Å². The van der Waals surface area contributed by atoms with Crippen molar-refractivity contribution in [3.63, 3.8) is 0 Å². The molecule has 6 heteroatoms.